The number of aliphatic hydroxyl groups is 1. The summed E-state index contributed by atoms with van der Waals surface area (Å²) in [5.74, 6) is -0.461. The third-order valence-corrected chi connectivity index (χ3v) is 3.19. The van der Waals surface area contributed by atoms with Gasteiger partial charge in [0, 0.05) is 17.5 Å². The molecule has 0 saturated carbocycles. The predicted octanol–water partition coefficient (Wildman–Crippen LogP) is 2.77. The molecular weight excluding hydrogens is 261 g/mol. The van der Waals surface area contributed by atoms with E-state index in [9.17, 15) is 9.18 Å². The minimum absolute atomic E-state index is 0.211. The van der Waals surface area contributed by atoms with Gasteiger partial charge < -0.3 is 14.8 Å². The first-order valence-corrected chi connectivity index (χ1v) is 6.64. The maximum absolute atomic E-state index is 13.2. The first-order chi connectivity index (χ1) is 9.49. The van der Waals surface area contributed by atoms with Gasteiger partial charge in [-0.3, -0.25) is 4.79 Å². The zero-order valence-corrected chi connectivity index (χ0v) is 11.6. The number of aliphatic hydroxyl groups excluding tert-OH is 1. The molecule has 20 heavy (non-hydrogen) atoms. The van der Waals surface area contributed by atoms with Crippen molar-refractivity contribution in [3.63, 3.8) is 0 Å². The molecule has 1 aromatic carbocycles. The maximum Gasteiger partial charge on any atom is 0.287 e. The Bertz CT molecular complexity index is 619. The second kappa shape index (κ2) is 6.05. The molecule has 2 aromatic rings. The number of hydrogen-bond donors (Lipinski definition) is 2. The van der Waals surface area contributed by atoms with Gasteiger partial charge in [-0.1, -0.05) is 0 Å². The fraction of sp³-hybridized carbons (Fsp3) is 0.400. The number of nitrogens with one attached hydrogen (secondary N) is 1. The number of amides is 1. The van der Waals surface area contributed by atoms with Crippen LogP contribution in [0.15, 0.2) is 22.6 Å². The standard InChI is InChI=1S/C15H18FNO3/c1-9(18)4-3-7-17-15(19)14-10(2)12-8-11(16)5-6-13(12)20-14/h5-6,8-9,18H,3-4,7H2,1-2H3,(H,17,19). The lowest BCUT2D eigenvalue weighted by Gasteiger charge is -2.05. The molecule has 1 heterocycles. The van der Waals surface area contributed by atoms with Gasteiger partial charge >= 0.3 is 0 Å². The zero-order chi connectivity index (χ0) is 14.7. The van der Waals surface area contributed by atoms with Gasteiger partial charge in [-0.15, -0.1) is 0 Å². The number of halogens is 1. The van der Waals surface area contributed by atoms with E-state index in [-0.39, 0.29) is 23.6 Å². The van der Waals surface area contributed by atoms with Crippen LogP contribution >= 0.6 is 0 Å². The fourth-order valence-corrected chi connectivity index (χ4v) is 2.09. The Kier molecular flexibility index (Phi) is 4.39. The zero-order valence-electron chi connectivity index (χ0n) is 11.6. The van der Waals surface area contributed by atoms with Gasteiger partial charge in [-0.25, -0.2) is 4.39 Å². The molecule has 0 aliphatic rings. The Morgan fingerprint density at radius 1 is 1.50 bits per heavy atom. The van der Waals surface area contributed by atoms with Crippen molar-refractivity contribution in [1.82, 2.24) is 5.32 Å². The monoisotopic (exact) mass is 279 g/mol. The highest BCUT2D eigenvalue weighted by Gasteiger charge is 2.17. The highest BCUT2D eigenvalue weighted by molar-refractivity contribution is 5.98. The molecule has 2 rings (SSSR count). The summed E-state index contributed by atoms with van der Waals surface area (Å²) >= 11 is 0. The Balaban J connectivity index is 2.08. The average molecular weight is 279 g/mol. The Labute approximate surface area is 116 Å². The summed E-state index contributed by atoms with van der Waals surface area (Å²) in [5.41, 5.74) is 1.13. The van der Waals surface area contributed by atoms with E-state index in [4.69, 9.17) is 9.52 Å². The molecule has 1 aromatic heterocycles. The van der Waals surface area contributed by atoms with Crippen LogP contribution in [0.4, 0.5) is 4.39 Å². The number of aryl methyl sites for hydroxylation is 1. The second-order valence-electron chi connectivity index (χ2n) is 4.94. The number of carbonyl (C=O) groups is 1. The van der Waals surface area contributed by atoms with Crippen molar-refractivity contribution in [3.8, 4) is 0 Å². The van der Waals surface area contributed by atoms with Crippen molar-refractivity contribution < 1.29 is 18.7 Å². The molecule has 2 N–H and O–H groups in total. The third-order valence-electron chi connectivity index (χ3n) is 3.19. The minimum atomic E-state index is -0.372. The largest absolute Gasteiger partial charge is 0.451 e. The molecule has 0 radical (unpaired) electrons. The van der Waals surface area contributed by atoms with E-state index in [0.29, 0.717) is 35.9 Å². The smallest absolute Gasteiger partial charge is 0.287 e. The van der Waals surface area contributed by atoms with Crippen LogP contribution in [0.25, 0.3) is 11.0 Å². The van der Waals surface area contributed by atoms with Crippen LogP contribution in [0.5, 0.6) is 0 Å². The lowest BCUT2D eigenvalue weighted by molar-refractivity contribution is 0.0923. The van der Waals surface area contributed by atoms with Crippen LogP contribution in [-0.4, -0.2) is 23.7 Å². The summed E-state index contributed by atoms with van der Waals surface area (Å²) in [6, 6.07) is 4.18. The first-order valence-electron chi connectivity index (χ1n) is 6.64. The van der Waals surface area contributed by atoms with Crippen molar-refractivity contribution in [1.29, 1.82) is 0 Å². The molecule has 0 fully saturated rings. The molecular formula is C15H18FNO3. The Hall–Kier alpha value is -1.88. The molecule has 0 saturated heterocycles. The van der Waals surface area contributed by atoms with E-state index in [0.717, 1.165) is 0 Å². The number of furan rings is 1. The van der Waals surface area contributed by atoms with E-state index in [1.54, 1.807) is 13.8 Å². The molecule has 0 aliphatic carbocycles. The summed E-state index contributed by atoms with van der Waals surface area (Å²) in [6.07, 6.45) is 0.949. The molecule has 5 heteroatoms. The van der Waals surface area contributed by atoms with Gasteiger partial charge in [-0.2, -0.15) is 0 Å². The van der Waals surface area contributed by atoms with E-state index < -0.39 is 0 Å². The van der Waals surface area contributed by atoms with Gasteiger partial charge in [0.1, 0.15) is 11.4 Å². The summed E-state index contributed by atoms with van der Waals surface area (Å²) < 4.78 is 18.7. The van der Waals surface area contributed by atoms with Crippen molar-refractivity contribution >= 4 is 16.9 Å². The molecule has 108 valence electrons. The molecule has 1 amide bonds. The van der Waals surface area contributed by atoms with Crippen molar-refractivity contribution in [2.24, 2.45) is 0 Å². The lowest BCUT2D eigenvalue weighted by Crippen LogP contribution is -2.25. The quantitative estimate of drug-likeness (QED) is 0.827. The summed E-state index contributed by atoms with van der Waals surface area (Å²) in [7, 11) is 0. The SMILES string of the molecule is Cc1c(C(=O)NCCCC(C)O)oc2ccc(F)cc12. The van der Waals surface area contributed by atoms with Crippen LogP contribution in [0.1, 0.15) is 35.9 Å². The van der Waals surface area contributed by atoms with Gasteiger partial charge in [0.15, 0.2) is 5.76 Å². The van der Waals surface area contributed by atoms with Crippen LogP contribution in [0.2, 0.25) is 0 Å². The van der Waals surface area contributed by atoms with Crippen molar-refractivity contribution in [2.75, 3.05) is 6.54 Å². The normalized spacial score (nSPS) is 12.6. The van der Waals surface area contributed by atoms with Crippen molar-refractivity contribution in [2.45, 2.75) is 32.8 Å². The second-order valence-corrected chi connectivity index (χ2v) is 4.94. The number of hydrogen-bond acceptors (Lipinski definition) is 3. The number of rotatable bonds is 5. The Morgan fingerprint density at radius 3 is 2.95 bits per heavy atom. The van der Waals surface area contributed by atoms with Crippen molar-refractivity contribution in [3.05, 3.63) is 35.3 Å². The topological polar surface area (TPSA) is 62.5 Å². The average Bonchev–Trinajstić information content (AvgIpc) is 2.72. The third kappa shape index (κ3) is 3.17. The van der Waals surface area contributed by atoms with Crippen LogP contribution < -0.4 is 5.32 Å². The van der Waals surface area contributed by atoms with Gasteiger partial charge in [0.2, 0.25) is 0 Å². The lowest BCUT2D eigenvalue weighted by atomic mass is 10.1. The van der Waals surface area contributed by atoms with Gasteiger partial charge in [0.25, 0.3) is 5.91 Å². The summed E-state index contributed by atoms with van der Waals surface area (Å²) in [6.45, 7) is 3.91. The number of carbonyl (C=O) groups excluding carboxylic acids is 1. The molecule has 4 nitrogen and oxygen atoms in total. The Morgan fingerprint density at radius 2 is 2.25 bits per heavy atom. The van der Waals surface area contributed by atoms with Crippen LogP contribution in [0.3, 0.4) is 0 Å². The summed E-state index contributed by atoms with van der Waals surface area (Å²) in [4.78, 5) is 12.0. The van der Waals surface area contributed by atoms with E-state index in [1.807, 2.05) is 0 Å². The molecule has 1 unspecified atom stereocenters. The van der Waals surface area contributed by atoms with Crippen LogP contribution in [-0.2, 0) is 0 Å². The summed E-state index contributed by atoms with van der Waals surface area (Å²) in [5, 5.41) is 12.5. The highest BCUT2D eigenvalue weighted by atomic mass is 19.1. The van der Waals surface area contributed by atoms with Crippen LogP contribution in [0, 0.1) is 12.7 Å². The van der Waals surface area contributed by atoms with Gasteiger partial charge in [0.05, 0.1) is 6.10 Å². The molecule has 1 atom stereocenters. The number of benzene rings is 1. The first kappa shape index (κ1) is 14.5. The highest BCUT2D eigenvalue weighted by Crippen LogP contribution is 2.25. The fourth-order valence-electron chi connectivity index (χ4n) is 2.09. The minimum Gasteiger partial charge on any atom is -0.451 e. The van der Waals surface area contributed by atoms with E-state index >= 15 is 0 Å². The predicted molar refractivity (Wildman–Crippen MR) is 74.2 cm³/mol. The molecule has 0 spiro atoms. The van der Waals surface area contributed by atoms with E-state index in [2.05, 4.69) is 5.32 Å². The molecule has 0 aliphatic heterocycles. The maximum atomic E-state index is 13.2. The van der Waals surface area contributed by atoms with Gasteiger partial charge in [-0.05, 0) is 44.9 Å². The number of fused-ring (bicyclic) bond motifs is 1. The molecule has 0 bridgehead atoms. The van der Waals surface area contributed by atoms with E-state index in [1.165, 1.54) is 18.2 Å².